The van der Waals surface area contributed by atoms with Crippen LogP contribution in [0.2, 0.25) is 0 Å². The average Bonchev–Trinajstić information content (AvgIpc) is 3.17. The molecule has 0 aliphatic rings. The second-order valence-electron chi connectivity index (χ2n) is 4.83. The summed E-state index contributed by atoms with van der Waals surface area (Å²) in [5.74, 6) is 0. The summed E-state index contributed by atoms with van der Waals surface area (Å²) in [5, 5.41) is 7.93. The van der Waals surface area contributed by atoms with E-state index >= 15 is 0 Å². The fraction of sp³-hybridized carbons (Fsp3) is 0. The van der Waals surface area contributed by atoms with E-state index < -0.39 is 0 Å². The summed E-state index contributed by atoms with van der Waals surface area (Å²) in [6, 6.07) is 12.4. The summed E-state index contributed by atoms with van der Waals surface area (Å²) in [7, 11) is 0. The van der Waals surface area contributed by atoms with Crippen molar-refractivity contribution in [3.05, 3.63) is 61.2 Å². The van der Waals surface area contributed by atoms with Crippen LogP contribution in [0.5, 0.6) is 0 Å². The van der Waals surface area contributed by atoms with Gasteiger partial charge in [-0.15, -0.1) is 0 Å². The highest BCUT2D eigenvalue weighted by molar-refractivity contribution is 7.99. The van der Waals surface area contributed by atoms with Crippen LogP contribution < -0.4 is 0 Å². The third-order valence-corrected chi connectivity index (χ3v) is 4.66. The van der Waals surface area contributed by atoms with E-state index in [4.69, 9.17) is 0 Å². The van der Waals surface area contributed by atoms with Gasteiger partial charge in [0, 0.05) is 44.9 Å². The second-order valence-corrected chi connectivity index (χ2v) is 6.41. The number of pyridine rings is 1. The van der Waals surface area contributed by atoms with E-state index in [-0.39, 0.29) is 0 Å². The van der Waals surface area contributed by atoms with Gasteiger partial charge in [-0.05, 0) is 18.2 Å². The van der Waals surface area contributed by atoms with Crippen molar-refractivity contribution in [3.8, 4) is 11.1 Å². The summed E-state index contributed by atoms with van der Waals surface area (Å²) in [4.78, 5) is 6.84. The average molecular weight is 324 g/mol. The zero-order valence-electron chi connectivity index (χ0n) is 11.5. The van der Waals surface area contributed by atoms with E-state index in [1.165, 1.54) is 4.90 Å². The highest BCUT2D eigenvalue weighted by Gasteiger charge is 2.12. The number of benzene rings is 1. The molecule has 22 heavy (non-hydrogen) atoms. The molecule has 0 saturated heterocycles. The molecular formula is C16H12N4S2. The van der Waals surface area contributed by atoms with Crippen molar-refractivity contribution in [3.63, 3.8) is 0 Å². The minimum Gasteiger partial charge on any atom is -0.285 e. The topological polar surface area (TPSA) is 46.5 Å². The van der Waals surface area contributed by atoms with Crippen LogP contribution in [0.3, 0.4) is 0 Å². The molecule has 1 N–H and O–H groups in total. The van der Waals surface area contributed by atoms with Crippen LogP contribution in [-0.2, 0) is 0 Å². The summed E-state index contributed by atoms with van der Waals surface area (Å²) < 4.78 is 1.74. The smallest absolute Gasteiger partial charge is 0.150 e. The van der Waals surface area contributed by atoms with Crippen LogP contribution in [0.1, 0.15) is 0 Å². The molecule has 0 fully saturated rings. The maximum Gasteiger partial charge on any atom is 0.150 e. The van der Waals surface area contributed by atoms with E-state index in [9.17, 15) is 0 Å². The number of nitrogens with one attached hydrogen (secondary N) is 1. The standard InChI is InChI=1S/C16H12N4S2/c21-20-10-15(11-7-18-19-8-11)14-6-13(9-17-16(14)20)22-12-4-2-1-3-5-12/h1-10,21H,(H,18,19). The molecule has 4 nitrogen and oxygen atoms in total. The first-order valence-electron chi connectivity index (χ1n) is 6.74. The van der Waals surface area contributed by atoms with Gasteiger partial charge in [0.1, 0.15) is 5.65 Å². The molecule has 108 valence electrons. The van der Waals surface area contributed by atoms with Crippen molar-refractivity contribution in [2.75, 3.05) is 0 Å². The molecule has 4 rings (SSSR count). The van der Waals surface area contributed by atoms with Gasteiger partial charge in [-0.2, -0.15) is 5.10 Å². The highest BCUT2D eigenvalue weighted by Crippen LogP contribution is 2.34. The fourth-order valence-corrected chi connectivity index (χ4v) is 3.50. The Balaban J connectivity index is 1.81. The SMILES string of the molecule is Sn1cc(-c2cn[nH]c2)c2cc(Sc3ccccc3)cnc21. The van der Waals surface area contributed by atoms with Gasteiger partial charge in [0.05, 0.1) is 6.20 Å². The zero-order valence-corrected chi connectivity index (χ0v) is 13.2. The lowest BCUT2D eigenvalue weighted by Crippen LogP contribution is -1.83. The van der Waals surface area contributed by atoms with Gasteiger partial charge in [-0.25, -0.2) is 4.98 Å². The molecule has 6 heteroatoms. The number of fused-ring (bicyclic) bond motifs is 1. The van der Waals surface area contributed by atoms with Gasteiger partial charge in [-0.1, -0.05) is 42.8 Å². The van der Waals surface area contributed by atoms with Crippen molar-refractivity contribution in [1.82, 2.24) is 19.2 Å². The monoisotopic (exact) mass is 324 g/mol. The Morgan fingerprint density at radius 3 is 2.73 bits per heavy atom. The Morgan fingerprint density at radius 1 is 1.09 bits per heavy atom. The molecule has 1 aromatic carbocycles. The van der Waals surface area contributed by atoms with E-state index in [1.54, 1.807) is 21.9 Å². The molecule has 0 saturated carbocycles. The predicted molar refractivity (Wildman–Crippen MR) is 92.3 cm³/mol. The maximum absolute atomic E-state index is 4.54. The molecule has 0 atom stereocenters. The van der Waals surface area contributed by atoms with Gasteiger partial charge < -0.3 is 0 Å². The highest BCUT2D eigenvalue weighted by atomic mass is 32.2. The van der Waals surface area contributed by atoms with Crippen LogP contribution in [-0.4, -0.2) is 19.2 Å². The first-order chi connectivity index (χ1) is 10.8. The summed E-state index contributed by atoms with van der Waals surface area (Å²) >= 11 is 6.15. The van der Waals surface area contributed by atoms with Crippen molar-refractivity contribution in [2.45, 2.75) is 9.79 Å². The Bertz CT molecular complexity index is 914. The van der Waals surface area contributed by atoms with Crippen molar-refractivity contribution < 1.29 is 0 Å². The van der Waals surface area contributed by atoms with Gasteiger partial charge in [0.2, 0.25) is 0 Å². The van der Waals surface area contributed by atoms with Crippen molar-refractivity contribution >= 4 is 35.6 Å². The molecule has 0 aliphatic heterocycles. The van der Waals surface area contributed by atoms with Gasteiger partial charge in [0.15, 0.2) is 0 Å². The largest absolute Gasteiger partial charge is 0.285 e. The molecular weight excluding hydrogens is 312 g/mol. The lowest BCUT2D eigenvalue weighted by atomic mass is 10.1. The molecule has 3 aromatic heterocycles. The van der Waals surface area contributed by atoms with E-state index in [1.807, 2.05) is 36.8 Å². The quantitative estimate of drug-likeness (QED) is 0.553. The van der Waals surface area contributed by atoms with Crippen LogP contribution in [0.25, 0.3) is 22.2 Å². The van der Waals surface area contributed by atoms with Gasteiger partial charge in [-0.3, -0.25) is 9.07 Å². The van der Waals surface area contributed by atoms with E-state index in [0.717, 1.165) is 27.1 Å². The van der Waals surface area contributed by atoms with Gasteiger partial charge >= 0.3 is 0 Å². The third kappa shape index (κ3) is 2.40. The normalized spacial score (nSPS) is 11.1. The molecule has 4 aromatic rings. The predicted octanol–water partition coefficient (Wildman–Crippen LogP) is 4.27. The number of aromatic amines is 1. The number of rotatable bonds is 3. The molecule has 0 unspecified atom stereocenters. The second kappa shape index (κ2) is 5.55. The number of hydrogen-bond acceptors (Lipinski definition) is 4. The Kier molecular flexibility index (Phi) is 3.40. The molecule has 3 heterocycles. The third-order valence-electron chi connectivity index (χ3n) is 3.39. The van der Waals surface area contributed by atoms with Crippen LogP contribution in [0.15, 0.2) is 71.0 Å². The van der Waals surface area contributed by atoms with Crippen LogP contribution in [0.4, 0.5) is 0 Å². The molecule has 0 amide bonds. The van der Waals surface area contributed by atoms with Crippen molar-refractivity contribution in [1.29, 1.82) is 0 Å². The Morgan fingerprint density at radius 2 is 1.95 bits per heavy atom. The van der Waals surface area contributed by atoms with Crippen LogP contribution in [0, 0.1) is 0 Å². The molecule has 0 bridgehead atoms. The number of H-pyrrole nitrogens is 1. The number of nitrogens with zero attached hydrogens (tertiary/aromatic N) is 3. The lowest BCUT2D eigenvalue weighted by molar-refractivity contribution is 1.09. The number of aromatic nitrogens is 4. The zero-order chi connectivity index (χ0) is 14.9. The van der Waals surface area contributed by atoms with E-state index in [0.29, 0.717) is 0 Å². The summed E-state index contributed by atoms with van der Waals surface area (Å²) in [6.45, 7) is 0. The van der Waals surface area contributed by atoms with Gasteiger partial charge in [0.25, 0.3) is 0 Å². The Labute approximate surface area is 137 Å². The summed E-state index contributed by atoms with van der Waals surface area (Å²) in [6.07, 6.45) is 7.52. The first kappa shape index (κ1) is 13.5. The summed E-state index contributed by atoms with van der Waals surface area (Å²) in [5.41, 5.74) is 2.94. The molecule has 0 radical (unpaired) electrons. The number of thiol groups is 1. The minimum atomic E-state index is 0.844. The Hall–Kier alpha value is -2.18. The van der Waals surface area contributed by atoms with Crippen molar-refractivity contribution in [2.24, 2.45) is 0 Å². The first-order valence-corrected chi connectivity index (χ1v) is 7.95. The molecule has 0 aliphatic carbocycles. The van der Waals surface area contributed by atoms with E-state index in [2.05, 4.69) is 46.2 Å². The lowest BCUT2D eigenvalue weighted by Gasteiger charge is -2.02. The molecule has 0 spiro atoms. The minimum absolute atomic E-state index is 0.844. The fourth-order valence-electron chi connectivity index (χ4n) is 2.38. The maximum atomic E-state index is 4.54. The number of hydrogen-bond donors (Lipinski definition) is 2. The van der Waals surface area contributed by atoms with Crippen LogP contribution >= 0.6 is 24.6 Å².